The Kier molecular flexibility index (Phi) is 6.99. The molecule has 8 nitrogen and oxygen atoms in total. The first-order valence-electron chi connectivity index (χ1n) is 9.78. The fourth-order valence-electron chi connectivity index (χ4n) is 3.17. The number of amides is 1. The number of terminal acetylenes is 1. The van der Waals surface area contributed by atoms with E-state index in [1.165, 1.54) is 16.8 Å². The van der Waals surface area contributed by atoms with E-state index in [0.717, 1.165) is 5.39 Å². The molecule has 3 aromatic rings. The molecule has 0 saturated carbocycles. The molecule has 0 fully saturated rings. The van der Waals surface area contributed by atoms with Crippen molar-refractivity contribution in [2.45, 2.75) is 19.4 Å². The Morgan fingerprint density at radius 3 is 2.81 bits per heavy atom. The van der Waals surface area contributed by atoms with Gasteiger partial charge in [-0.2, -0.15) is 5.26 Å². The maximum absolute atomic E-state index is 12.4. The van der Waals surface area contributed by atoms with Gasteiger partial charge in [0.2, 0.25) is 5.91 Å². The van der Waals surface area contributed by atoms with E-state index in [4.69, 9.17) is 18.0 Å². The molecule has 162 valence electrons. The number of nitrogens with zero attached hydrogens (tertiary/aromatic N) is 3. The molecule has 32 heavy (non-hydrogen) atoms. The highest BCUT2D eigenvalue weighted by atomic mass is 35.5. The van der Waals surface area contributed by atoms with Gasteiger partial charge in [-0.05, 0) is 31.2 Å². The molecule has 0 spiro atoms. The molecule has 0 radical (unpaired) electrons. The van der Waals surface area contributed by atoms with Crippen molar-refractivity contribution in [2.24, 2.45) is 7.05 Å². The largest absolute Gasteiger partial charge is 0.373 e. The van der Waals surface area contributed by atoms with Gasteiger partial charge in [0.05, 0.1) is 11.2 Å². The van der Waals surface area contributed by atoms with E-state index in [-0.39, 0.29) is 22.2 Å². The Bertz CT molecular complexity index is 1320. The molecule has 1 aromatic carbocycles. The summed E-state index contributed by atoms with van der Waals surface area (Å²) in [5, 5.41) is 19.2. The first kappa shape index (κ1) is 22.7. The molecule has 0 aliphatic heterocycles. The minimum atomic E-state index is -0.594. The molecule has 0 aliphatic rings. The fraction of sp³-hybridized carbons (Fsp3) is 0.217. The summed E-state index contributed by atoms with van der Waals surface area (Å²) in [6.45, 7) is 2.08. The second kappa shape index (κ2) is 9.86. The van der Waals surface area contributed by atoms with Crippen LogP contribution in [-0.4, -0.2) is 28.0 Å². The van der Waals surface area contributed by atoms with Crippen molar-refractivity contribution >= 4 is 45.5 Å². The normalized spacial score (nSPS) is 11.3. The van der Waals surface area contributed by atoms with Crippen LogP contribution in [0.1, 0.15) is 18.9 Å². The highest BCUT2D eigenvalue weighted by Gasteiger charge is 2.16. The van der Waals surface area contributed by atoms with Crippen LogP contribution in [0.5, 0.6) is 0 Å². The third-order valence-corrected chi connectivity index (χ3v) is 5.16. The zero-order chi connectivity index (χ0) is 23.3. The standard InChI is InChI=1S/C23H21ClN6O2/c1-4-5-9-27-23(32)14(2)28-19-12-21(31)30(3)20-7-6-15(11-16(19)20)29-18-8-10-26-22(24)17(18)13-25/h1,6-8,10-12,14,28H,5,9H2,2-3H3,(H,26,29)(H,27,32). The Morgan fingerprint density at radius 2 is 2.09 bits per heavy atom. The van der Waals surface area contributed by atoms with Gasteiger partial charge >= 0.3 is 0 Å². The fourth-order valence-corrected chi connectivity index (χ4v) is 3.37. The van der Waals surface area contributed by atoms with Gasteiger partial charge in [-0.25, -0.2) is 4.98 Å². The monoisotopic (exact) mass is 448 g/mol. The van der Waals surface area contributed by atoms with Crippen LogP contribution in [0.3, 0.4) is 0 Å². The summed E-state index contributed by atoms with van der Waals surface area (Å²) in [5.74, 6) is 2.24. The Balaban J connectivity index is 1.97. The predicted molar refractivity (Wildman–Crippen MR) is 126 cm³/mol. The topological polar surface area (TPSA) is 112 Å². The van der Waals surface area contributed by atoms with Crippen molar-refractivity contribution in [3.05, 3.63) is 57.6 Å². The number of nitrogens with one attached hydrogen (secondary N) is 3. The maximum Gasteiger partial charge on any atom is 0.252 e. The number of hydrogen-bond donors (Lipinski definition) is 3. The summed E-state index contributed by atoms with van der Waals surface area (Å²) in [4.78, 5) is 28.7. The van der Waals surface area contributed by atoms with E-state index >= 15 is 0 Å². The number of aromatic nitrogens is 2. The number of nitriles is 1. The van der Waals surface area contributed by atoms with Gasteiger partial charge in [-0.1, -0.05) is 11.6 Å². The number of benzene rings is 1. The molecular formula is C23H21ClN6O2. The molecule has 1 atom stereocenters. The van der Waals surface area contributed by atoms with Crippen molar-refractivity contribution in [1.82, 2.24) is 14.9 Å². The van der Waals surface area contributed by atoms with Crippen LogP contribution in [0.4, 0.5) is 17.1 Å². The zero-order valence-electron chi connectivity index (χ0n) is 17.6. The average Bonchev–Trinajstić information content (AvgIpc) is 2.77. The van der Waals surface area contributed by atoms with Crippen molar-refractivity contribution in [2.75, 3.05) is 17.2 Å². The van der Waals surface area contributed by atoms with Crippen molar-refractivity contribution in [1.29, 1.82) is 5.26 Å². The minimum absolute atomic E-state index is 0.104. The Morgan fingerprint density at radius 1 is 1.31 bits per heavy atom. The van der Waals surface area contributed by atoms with E-state index in [2.05, 4.69) is 26.9 Å². The third-order valence-electron chi connectivity index (χ3n) is 4.88. The van der Waals surface area contributed by atoms with E-state index in [0.29, 0.717) is 35.5 Å². The second-order valence-corrected chi connectivity index (χ2v) is 7.42. The summed E-state index contributed by atoms with van der Waals surface area (Å²) < 4.78 is 1.52. The van der Waals surface area contributed by atoms with Gasteiger partial charge in [-0.15, -0.1) is 12.3 Å². The molecule has 3 N–H and O–H groups in total. The lowest BCUT2D eigenvalue weighted by molar-refractivity contribution is -0.121. The van der Waals surface area contributed by atoms with Crippen LogP contribution in [0.2, 0.25) is 5.15 Å². The highest BCUT2D eigenvalue weighted by Crippen LogP contribution is 2.29. The molecule has 1 unspecified atom stereocenters. The van der Waals surface area contributed by atoms with Gasteiger partial charge in [0, 0.05) is 49.0 Å². The van der Waals surface area contributed by atoms with Crippen molar-refractivity contribution in [3.63, 3.8) is 0 Å². The van der Waals surface area contributed by atoms with E-state index in [9.17, 15) is 14.9 Å². The summed E-state index contributed by atoms with van der Waals surface area (Å²) in [5.41, 5.74) is 2.38. The highest BCUT2D eigenvalue weighted by molar-refractivity contribution is 6.31. The van der Waals surface area contributed by atoms with E-state index in [1.807, 2.05) is 12.1 Å². The first-order chi connectivity index (χ1) is 15.3. The molecule has 2 heterocycles. The third kappa shape index (κ3) is 4.83. The Labute approximate surface area is 190 Å². The number of fused-ring (bicyclic) bond motifs is 1. The van der Waals surface area contributed by atoms with Crippen LogP contribution in [0.15, 0.2) is 41.3 Å². The van der Waals surface area contributed by atoms with Crippen LogP contribution < -0.4 is 21.5 Å². The van der Waals surface area contributed by atoms with Crippen LogP contribution in [0, 0.1) is 23.7 Å². The van der Waals surface area contributed by atoms with Crippen LogP contribution >= 0.6 is 11.6 Å². The average molecular weight is 449 g/mol. The maximum atomic E-state index is 12.4. The quantitative estimate of drug-likeness (QED) is 0.291. The molecule has 2 aromatic heterocycles. The first-order valence-corrected chi connectivity index (χ1v) is 10.2. The number of pyridine rings is 2. The minimum Gasteiger partial charge on any atom is -0.373 e. The lowest BCUT2D eigenvalue weighted by atomic mass is 10.1. The van der Waals surface area contributed by atoms with Gasteiger partial charge in [0.15, 0.2) is 0 Å². The summed E-state index contributed by atoms with van der Waals surface area (Å²) >= 11 is 6.02. The van der Waals surface area contributed by atoms with E-state index < -0.39 is 6.04 Å². The SMILES string of the molecule is C#CCCNC(=O)C(C)Nc1cc(=O)n(C)c2ccc(Nc3ccnc(Cl)c3C#N)cc12. The number of anilines is 3. The lowest BCUT2D eigenvalue weighted by Gasteiger charge is -2.18. The molecule has 3 rings (SSSR count). The number of carbonyl (C=O) groups is 1. The molecule has 0 saturated heterocycles. The number of hydrogen-bond acceptors (Lipinski definition) is 6. The van der Waals surface area contributed by atoms with Crippen molar-refractivity contribution < 1.29 is 4.79 Å². The number of halogens is 1. The summed E-state index contributed by atoms with van der Waals surface area (Å²) in [6, 6.07) is 9.95. The van der Waals surface area contributed by atoms with Gasteiger partial charge in [-0.3, -0.25) is 9.59 Å². The zero-order valence-corrected chi connectivity index (χ0v) is 18.3. The Hall–Kier alpha value is -4.01. The van der Waals surface area contributed by atoms with Gasteiger partial charge in [0.25, 0.3) is 5.56 Å². The van der Waals surface area contributed by atoms with Crippen LogP contribution in [-0.2, 0) is 11.8 Å². The number of rotatable bonds is 7. The van der Waals surface area contributed by atoms with Crippen LogP contribution in [0.25, 0.3) is 10.9 Å². The summed E-state index contributed by atoms with van der Waals surface area (Å²) in [7, 11) is 1.67. The molecule has 0 bridgehead atoms. The molecule has 9 heteroatoms. The van der Waals surface area contributed by atoms with E-state index in [1.54, 1.807) is 32.2 Å². The summed E-state index contributed by atoms with van der Waals surface area (Å²) in [6.07, 6.45) is 7.15. The number of aryl methyl sites for hydroxylation is 1. The number of carbonyl (C=O) groups excluding carboxylic acids is 1. The lowest BCUT2D eigenvalue weighted by Crippen LogP contribution is -2.38. The molecule has 1 amide bonds. The van der Waals surface area contributed by atoms with Crippen molar-refractivity contribution in [3.8, 4) is 18.4 Å². The molecule has 0 aliphatic carbocycles. The predicted octanol–water partition coefficient (Wildman–Crippen LogP) is 3.14. The van der Waals surface area contributed by atoms with Gasteiger partial charge in [0.1, 0.15) is 22.8 Å². The van der Waals surface area contributed by atoms with Gasteiger partial charge < -0.3 is 20.5 Å². The molecular weight excluding hydrogens is 428 g/mol. The smallest absolute Gasteiger partial charge is 0.252 e. The second-order valence-electron chi connectivity index (χ2n) is 7.06.